The van der Waals surface area contributed by atoms with Gasteiger partial charge in [0.05, 0.1) is 15.7 Å². The number of rotatable bonds is 4. The van der Waals surface area contributed by atoms with Crippen molar-refractivity contribution in [3.8, 4) is 0 Å². The molecule has 0 spiro atoms. The Morgan fingerprint density at radius 2 is 1.79 bits per heavy atom. The van der Waals surface area contributed by atoms with E-state index < -0.39 is 29.9 Å². The Balaban J connectivity index is 1.80. The molecule has 1 atom stereocenters. The van der Waals surface area contributed by atoms with Gasteiger partial charge in [-0.1, -0.05) is 34.8 Å². The van der Waals surface area contributed by atoms with E-state index >= 15 is 0 Å². The van der Waals surface area contributed by atoms with Crippen LogP contribution in [0.1, 0.15) is 24.0 Å². The van der Waals surface area contributed by atoms with Crippen molar-refractivity contribution in [3.63, 3.8) is 0 Å². The number of carbonyl (C=O) groups is 3. The smallest absolute Gasteiger partial charge is 0.325 e. The number of carbonyl (C=O) groups excluding carboxylic acids is 3. The summed E-state index contributed by atoms with van der Waals surface area (Å²) in [5, 5.41) is 5.71. The highest BCUT2D eigenvalue weighted by atomic mass is 35.5. The molecule has 1 aromatic heterocycles. The summed E-state index contributed by atoms with van der Waals surface area (Å²) in [6, 6.07) is 3.83. The first-order valence-corrected chi connectivity index (χ1v) is 9.32. The molecule has 2 N–H and O–H groups in total. The number of amides is 4. The molecule has 0 aliphatic carbocycles. The first-order chi connectivity index (χ1) is 13.0. The number of anilines is 1. The van der Waals surface area contributed by atoms with Gasteiger partial charge >= 0.3 is 6.03 Å². The molecule has 1 unspecified atom stereocenters. The molecule has 1 aliphatic heterocycles. The Morgan fingerprint density at radius 1 is 1.18 bits per heavy atom. The molecule has 4 amide bonds. The normalized spacial score (nSPS) is 19.1. The quantitative estimate of drug-likeness (QED) is 0.689. The number of imide groups is 1. The zero-order chi connectivity index (χ0) is 20.8. The van der Waals surface area contributed by atoms with Gasteiger partial charge in [-0.2, -0.15) is 0 Å². The first kappa shape index (κ1) is 20.5. The van der Waals surface area contributed by atoms with Crippen LogP contribution in [0.2, 0.25) is 15.1 Å². The molecule has 3 rings (SSSR count). The van der Waals surface area contributed by atoms with Gasteiger partial charge in [-0.3, -0.25) is 14.5 Å². The number of aryl methyl sites for hydroxylation is 2. The van der Waals surface area contributed by atoms with Gasteiger partial charge in [0.1, 0.15) is 23.6 Å². The molecule has 10 heteroatoms. The van der Waals surface area contributed by atoms with Gasteiger partial charge in [0.2, 0.25) is 5.91 Å². The molecule has 1 aromatic carbocycles. The van der Waals surface area contributed by atoms with Crippen molar-refractivity contribution in [2.24, 2.45) is 0 Å². The molecule has 0 radical (unpaired) electrons. The lowest BCUT2D eigenvalue weighted by atomic mass is 9.92. The molecule has 1 fully saturated rings. The van der Waals surface area contributed by atoms with Crippen molar-refractivity contribution in [1.29, 1.82) is 0 Å². The molecular formula is C18H16Cl3N3O4. The Hall–Kier alpha value is -2.22. The Bertz CT molecular complexity index is 981. The second kappa shape index (κ2) is 7.31. The predicted octanol–water partition coefficient (Wildman–Crippen LogP) is 4.26. The van der Waals surface area contributed by atoms with E-state index in [0.717, 1.165) is 4.90 Å². The maximum Gasteiger partial charge on any atom is 0.325 e. The fraction of sp³-hybridized carbons (Fsp3) is 0.278. The first-order valence-electron chi connectivity index (χ1n) is 8.19. The highest BCUT2D eigenvalue weighted by Gasteiger charge is 2.51. The minimum atomic E-state index is -1.32. The van der Waals surface area contributed by atoms with E-state index in [1.165, 1.54) is 12.1 Å². The van der Waals surface area contributed by atoms with Gasteiger partial charge in [-0.05, 0) is 39.0 Å². The van der Waals surface area contributed by atoms with Crippen LogP contribution in [0.5, 0.6) is 0 Å². The van der Waals surface area contributed by atoms with Crippen LogP contribution < -0.4 is 10.6 Å². The van der Waals surface area contributed by atoms with Crippen LogP contribution in [0.3, 0.4) is 0 Å². The lowest BCUT2D eigenvalue weighted by molar-refractivity contribution is -0.133. The molecule has 148 valence electrons. The highest BCUT2D eigenvalue weighted by Crippen LogP contribution is 2.35. The van der Waals surface area contributed by atoms with Crippen LogP contribution in [0.15, 0.2) is 22.6 Å². The zero-order valence-corrected chi connectivity index (χ0v) is 17.4. The van der Waals surface area contributed by atoms with Crippen molar-refractivity contribution in [2.75, 3.05) is 11.9 Å². The number of furan rings is 1. The average molecular weight is 445 g/mol. The zero-order valence-electron chi connectivity index (χ0n) is 15.2. The van der Waals surface area contributed by atoms with Gasteiger partial charge in [-0.25, -0.2) is 4.79 Å². The third-order valence-electron chi connectivity index (χ3n) is 4.43. The number of nitrogens with zero attached hydrogens (tertiary/aromatic N) is 1. The van der Waals surface area contributed by atoms with Gasteiger partial charge in [-0.15, -0.1) is 0 Å². The Kier molecular flexibility index (Phi) is 5.36. The Morgan fingerprint density at radius 3 is 2.32 bits per heavy atom. The monoisotopic (exact) mass is 443 g/mol. The van der Waals surface area contributed by atoms with E-state index in [1.54, 1.807) is 26.8 Å². The van der Waals surface area contributed by atoms with Crippen LogP contribution in [-0.2, 0) is 15.1 Å². The summed E-state index contributed by atoms with van der Waals surface area (Å²) in [7, 11) is 0. The third-order valence-corrected chi connectivity index (χ3v) is 5.24. The summed E-state index contributed by atoms with van der Waals surface area (Å²) in [6.45, 7) is 4.50. The summed E-state index contributed by atoms with van der Waals surface area (Å²) >= 11 is 17.9. The van der Waals surface area contributed by atoms with Crippen LogP contribution in [-0.4, -0.2) is 29.3 Å². The van der Waals surface area contributed by atoms with E-state index in [4.69, 9.17) is 39.2 Å². The van der Waals surface area contributed by atoms with Crippen LogP contribution >= 0.6 is 34.8 Å². The average Bonchev–Trinajstić information content (AvgIpc) is 3.03. The summed E-state index contributed by atoms with van der Waals surface area (Å²) in [5.41, 5.74) is -0.640. The number of hydrogen-bond acceptors (Lipinski definition) is 4. The number of benzene rings is 1. The summed E-state index contributed by atoms with van der Waals surface area (Å²) in [6.07, 6.45) is 0. The summed E-state index contributed by atoms with van der Waals surface area (Å²) in [5.74, 6) is -0.0810. The predicted molar refractivity (Wildman–Crippen MR) is 106 cm³/mol. The lowest BCUT2D eigenvalue weighted by Crippen LogP contribution is -2.42. The molecular weight excluding hydrogens is 429 g/mol. The highest BCUT2D eigenvalue weighted by molar-refractivity contribution is 6.42. The fourth-order valence-corrected chi connectivity index (χ4v) is 4.05. The SMILES string of the molecule is Cc1cc(C2(C)NC(=O)N(CC(=O)Nc3c(Cl)cc(Cl)cc3Cl)C2=O)c(C)o1. The number of nitrogens with one attached hydrogen (secondary N) is 2. The molecule has 0 saturated carbocycles. The molecule has 2 heterocycles. The van der Waals surface area contributed by atoms with Crippen LogP contribution in [0.25, 0.3) is 0 Å². The molecule has 7 nitrogen and oxygen atoms in total. The van der Waals surface area contributed by atoms with E-state index in [0.29, 0.717) is 22.1 Å². The molecule has 0 bridgehead atoms. The van der Waals surface area contributed by atoms with Gasteiger partial charge in [0.15, 0.2) is 0 Å². The second-order valence-corrected chi connectivity index (χ2v) is 7.82. The minimum absolute atomic E-state index is 0.136. The maximum absolute atomic E-state index is 12.9. The fourth-order valence-electron chi connectivity index (χ4n) is 3.13. The number of halogens is 3. The second-order valence-electron chi connectivity index (χ2n) is 6.57. The lowest BCUT2D eigenvalue weighted by Gasteiger charge is -2.21. The van der Waals surface area contributed by atoms with E-state index in [-0.39, 0.29) is 15.7 Å². The van der Waals surface area contributed by atoms with E-state index in [1.807, 2.05) is 0 Å². The topological polar surface area (TPSA) is 91.7 Å². The molecule has 28 heavy (non-hydrogen) atoms. The van der Waals surface area contributed by atoms with E-state index in [2.05, 4.69) is 10.6 Å². The van der Waals surface area contributed by atoms with Crippen molar-refractivity contribution >= 4 is 58.3 Å². The van der Waals surface area contributed by atoms with E-state index in [9.17, 15) is 14.4 Å². The van der Waals surface area contributed by atoms with Gasteiger partial charge in [0, 0.05) is 10.6 Å². The van der Waals surface area contributed by atoms with Crippen LogP contribution in [0, 0.1) is 13.8 Å². The van der Waals surface area contributed by atoms with Gasteiger partial charge in [0.25, 0.3) is 5.91 Å². The molecule has 2 aromatic rings. The van der Waals surface area contributed by atoms with Crippen molar-refractivity contribution < 1.29 is 18.8 Å². The van der Waals surface area contributed by atoms with Crippen LogP contribution in [0.4, 0.5) is 10.5 Å². The molecule has 1 saturated heterocycles. The van der Waals surface area contributed by atoms with Crippen molar-refractivity contribution in [2.45, 2.75) is 26.3 Å². The molecule has 1 aliphatic rings. The number of hydrogen-bond donors (Lipinski definition) is 2. The standard InChI is InChI=1S/C18H16Cl3N3O4/c1-8-4-11(9(2)28-8)18(3)16(26)24(17(27)23-18)7-14(25)22-15-12(20)5-10(19)6-13(15)21/h4-6H,7H2,1-3H3,(H,22,25)(H,23,27). The summed E-state index contributed by atoms with van der Waals surface area (Å²) in [4.78, 5) is 38.5. The summed E-state index contributed by atoms with van der Waals surface area (Å²) < 4.78 is 5.47. The van der Waals surface area contributed by atoms with Crippen molar-refractivity contribution in [1.82, 2.24) is 10.2 Å². The van der Waals surface area contributed by atoms with Gasteiger partial charge < -0.3 is 15.1 Å². The Labute approximate surface area is 175 Å². The number of urea groups is 1. The van der Waals surface area contributed by atoms with Crippen molar-refractivity contribution in [3.05, 3.63) is 50.4 Å². The maximum atomic E-state index is 12.9. The third kappa shape index (κ3) is 3.57. The minimum Gasteiger partial charge on any atom is -0.466 e. The largest absolute Gasteiger partial charge is 0.466 e.